The molecule has 1 aromatic rings. The molecule has 0 amide bonds. The first-order valence-electron chi connectivity index (χ1n) is 5.06. The number of hydrogen-bond donors (Lipinski definition) is 0. The quantitative estimate of drug-likeness (QED) is 0.601. The van der Waals surface area contributed by atoms with Gasteiger partial charge in [-0.2, -0.15) is 0 Å². The van der Waals surface area contributed by atoms with Crippen molar-refractivity contribution in [2.24, 2.45) is 0 Å². The predicted octanol–water partition coefficient (Wildman–Crippen LogP) is 3.31. The average molecular weight is 177 g/mol. The molecule has 1 heteroatoms. The van der Waals surface area contributed by atoms with Gasteiger partial charge < -0.3 is 0 Å². The molecule has 0 bridgehead atoms. The highest BCUT2D eigenvalue weighted by Crippen LogP contribution is 2.35. The molecule has 0 N–H and O–H groups in total. The zero-order chi connectivity index (χ0) is 10.1. The Hall–Kier alpha value is -0.850. The Balaban J connectivity index is 0.000000396. The number of hydrogen-bond acceptors (Lipinski definition) is 1. The minimum absolute atomic E-state index is 0.295. The summed E-state index contributed by atoms with van der Waals surface area (Å²) in [4.78, 5) is 4.25. The minimum Gasteiger partial charge on any atom is -0.261 e. The zero-order valence-electron chi connectivity index (χ0n) is 9.31. The van der Waals surface area contributed by atoms with Gasteiger partial charge in [-0.25, -0.2) is 0 Å². The van der Waals surface area contributed by atoms with Gasteiger partial charge in [0.05, 0.1) is 0 Å². The maximum absolute atomic E-state index is 4.25. The molecule has 0 atom stereocenters. The fourth-order valence-electron chi connectivity index (χ4n) is 1.50. The lowest BCUT2D eigenvalue weighted by Crippen LogP contribution is -2.11. The summed E-state index contributed by atoms with van der Waals surface area (Å²) in [7, 11) is 0. The summed E-state index contributed by atoms with van der Waals surface area (Å²) in [5.41, 5.74) is 4.56. The molecule has 0 saturated heterocycles. The smallest absolute Gasteiger partial charge is 0.0487 e. The Labute approximate surface area is 81.2 Å². The van der Waals surface area contributed by atoms with E-state index < -0.39 is 0 Å². The van der Waals surface area contributed by atoms with Crippen molar-refractivity contribution in [1.29, 1.82) is 0 Å². The second-order valence-electron chi connectivity index (χ2n) is 4.21. The van der Waals surface area contributed by atoms with Crippen molar-refractivity contribution in [3.05, 3.63) is 29.1 Å². The van der Waals surface area contributed by atoms with Gasteiger partial charge in [-0.05, 0) is 22.6 Å². The first-order chi connectivity index (χ1) is 6.09. The largest absolute Gasteiger partial charge is 0.261 e. The van der Waals surface area contributed by atoms with E-state index in [2.05, 4.69) is 31.8 Å². The minimum atomic E-state index is 0.295. The second-order valence-corrected chi connectivity index (χ2v) is 4.21. The topological polar surface area (TPSA) is 12.9 Å². The Morgan fingerprint density at radius 1 is 1.23 bits per heavy atom. The van der Waals surface area contributed by atoms with Crippen LogP contribution in [0.3, 0.4) is 0 Å². The number of aromatic nitrogens is 1. The van der Waals surface area contributed by atoms with Gasteiger partial charge >= 0.3 is 0 Å². The van der Waals surface area contributed by atoms with Gasteiger partial charge in [0.15, 0.2) is 0 Å². The lowest BCUT2D eigenvalue weighted by atomic mass is 9.87. The molecule has 0 spiro atoms. The monoisotopic (exact) mass is 177 g/mol. The Bertz CT molecular complexity index is 294. The van der Waals surface area contributed by atoms with Gasteiger partial charge in [0.1, 0.15) is 0 Å². The molecule has 0 radical (unpaired) electrons. The van der Waals surface area contributed by atoms with Crippen LogP contribution in [-0.2, 0) is 11.8 Å². The molecule has 0 aliphatic heterocycles. The van der Waals surface area contributed by atoms with Gasteiger partial charge in [-0.1, -0.05) is 34.6 Å². The molecule has 1 aliphatic carbocycles. The van der Waals surface area contributed by atoms with Crippen molar-refractivity contribution in [2.75, 3.05) is 0 Å². The predicted molar refractivity (Wildman–Crippen MR) is 57.1 cm³/mol. The van der Waals surface area contributed by atoms with Crippen molar-refractivity contribution in [2.45, 2.75) is 46.5 Å². The molecule has 1 aromatic heterocycles. The van der Waals surface area contributed by atoms with Crippen LogP contribution in [0, 0.1) is 0 Å². The van der Waals surface area contributed by atoms with Gasteiger partial charge in [-0.3, -0.25) is 4.98 Å². The van der Waals surface area contributed by atoms with Crippen LogP contribution < -0.4 is 0 Å². The molecule has 0 unspecified atom stereocenters. The van der Waals surface area contributed by atoms with Crippen LogP contribution in [0.1, 0.15) is 51.4 Å². The lowest BCUT2D eigenvalue weighted by molar-refractivity contribution is 0.588. The molecule has 72 valence electrons. The zero-order valence-corrected chi connectivity index (χ0v) is 9.31. The molecule has 0 fully saturated rings. The van der Waals surface area contributed by atoms with Crippen LogP contribution in [0.2, 0.25) is 0 Å². The van der Waals surface area contributed by atoms with Crippen molar-refractivity contribution in [3.8, 4) is 0 Å². The van der Waals surface area contributed by atoms with Gasteiger partial charge in [0.2, 0.25) is 0 Å². The average Bonchev–Trinajstić information content (AvgIpc) is 2.83. The van der Waals surface area contributed by atoms with Crippen LogP contribution >= 0.6 is 0 Å². The molecular formula is C12H19N. The molecule has 1 nitrogen and oxygen atoms in total. The van der Waals surface area contributed by atoms with Gasteiger partial charge in [0.25, 0.3) is 0 Å². The number of nitrogens with zero attached hydrogens (tertiary/aromatic N) is 1. The highest BCUT2D eigenvalue weighted by Gasteiger charge is 2.28. The standard InChI is InChI=1S/C10H13N.C2H6/c1-10(2,3)8-4-5-11-9-6-7(8)9;1-2/h4-5H,6H2,1-3H3;1-2H3. The van der Waals surface area contributed by atoms with Crippen LogP contribution in [0.4, 0.5) is 0 Å². The normalized spacial score (nSPS) is 12.7. The Kier molecular flexibility index (Phi) is 2.74. The van der Waals surface area contributed by atoms with Crippen molar-refractivity contribution < 1.29 is 0 Å². The van der Waals surface area contributed by atoms with E-state index in [1.54, 1.807) is 0 Å². The molecule has 0 saturated carbocycles. The third-order valence-electron chi connectivity index (χ3n) is 2.17. The van der Waals surface area contributed by atoms with Crippen LogP contribution in [-0.4, -0.2) is 4.98 Å². The summed E-state index contributed by atoms with van der Waals surface area (Å²) in [6.45, 7) is 10.8. The van der Waals surface area contributed by atoms with E-state index in [1.165, 1.54) is 16.8 Å². The van der Waals surface area contributed by atoms with E-state index in [1.807, 2.05) is 20.0 Å². The molecule has 1 aliphatic rings. The van der Waals surface area contributed by atoms with E-state index in [9.17, 15) is 0 Å². The fraction of sp³-hybridized carbons (Fsp3) is 0.583. The number of rotatable bonds is 0. The molecular weight excluding hydrogens is 158 g/mol. The second kappa shape index (κ2) is 3.49. The third kappa shape index (κ3) is 2.09. The number of pyridine rings is 1. The lowest BCUT2D eigenvalue weighted by Gasteiger charge is -2.18. The van der Waals surface area contributed by atoms with E-state index in [-0.39, 0.29) is 0 Å². The highest BCUT2D eigenvalue weighted by molar-refractivity contribution is 5.48. The summed E-state index contributed by atoms with van der Waals surface area (Å²) in [6.07, 6.45) is 3.05. The number of fused-ring (bicyclic) bond motifs is 1. The van der Waals surface area contributed by atoms with Gasteiger partial charge in [0, 0.05) is 18.3 Å². The van der Waals surface area contributed by atoms with Crippen molar-refractivity contribution >= 4 is 0 Å². The molecule has 13 heavy (non-hydrogen) atoms. The first-order valence-corrected chi connectivity index (χ1v) is 5.06. The van der Waals surface area contributed by atoms with E-state index in [0.29, 0.717) is 5.41 Å². The van der Waals surface area contributed by atoms with Crippen LogP contribution in [0.5, 0.6) is 0 Å². The third-order valence-corrected chi connectivity index (χ3v) is 2.17. The first kappa shape index (κ1) is 10.2. The van der Waals surface area contributed by atoms with Crippen LogP contribution in [0.25, 0.3) is 0 Å². The summed E-state index contributed by atoms with van der Waals surface area (Å²) in [5, 5.41) is 0. The Morgan fingerprint density at radius 3 is 2.31 bits per heavy atom. The maximum atomic E-state index is 4.25. The molecule has 0 aromatic carbocycles. The SMILES string of the molecule is CC.CC(C)(C)c1ccnc2c1C2. The molecule has 2 rings (SSSR count). The highest BCUT2D eigenvalue weighted by atomic mass is 14.7. The summed E-state index contributed by atoms with van der Waals surface area (Å²) < 4.78 is 0. The molecule has 1 heterocycles. The summed E-state index contributed by atoms with van der Waals surface area (Å²) in [5.74, 6) is 0. The summed E-state index contributed by atoms with van der Waals surface area (Å²) >= 11 is 0. The maximum Gasteiger partial charge on any atom is 0.0487 e. The Morgan fingerprint density at radius 2 is 1.85 bits per heavy atom. The fourth-order valence-corrected chi connectivity index (χ4v) is 1.50. The van der Waals surface area contributed by atoms with E-state index in [4.69, 9.17) is 0 Å². The van der Waals surface area contributed by atoms with E-state index >= 15 is 0 Å². The van der Waals surface area contributed by atoms with Crippen molar-refractivity contribution in [3.63, 3.8) is 0 Å². The van der Waals surface area contributed by atoms with Crippen LogP contribution in [0.15, 0.2) is 12.3 Å². The van der Waals surface area contributed by atoms with E-state index in [0.717, 1.165) is 6.42 Å². The van der Waals surface area contributed by atoms with Crippen molar-refractivity contribution in [1.82, 2.24) is 4.98 Å². The van der Waals surface area contributed by atoms with Gasteiger partial charge in [-0.15, -0.1) is 0 Å². The summed E-state index contributed by atoms with van der Waals surface area (Å²) in [6, 6.07) is 2.14.